The standard InChI is InChI=1S/C18H21NSe/c1-15-12-17(14-20-18-10-6-3-7-11-18)19(15)13-16-8-4-2-5-9-16/h2-11,15,17H,12-14H2,1H3/t15-,17-/m0/s1. The Labute approximate surface area is 128 Å². The average molecular weight is 330 g/mol. The van der Waals surface area contributed by atoms with Crippen molar-refractivity contribution in [2.75, 3.05) is 0 Å². The molecule has 0 radical (unpaired) electrons. The van der Waals surface area contributed by atoms with Crippen molar-refractivity contribution in [3.05, 3.63) is 66.2 Å². The molecule has 3 rings (SSSR count). The summed E-state index contributed by atoms with van der Waals surface area (Å²) in [5.41, 5.74) is 1.44. The van der Waals surface area contributed by atoms with Crippen molar-refractivity contribution in [1.82, 2.24) is 4.90 Å². The summed E-state index contributed by atoms with van der Waals surface area (Å²) in [5, 5.41) is 1.34. The molecule has 0 aromatic heterocycles. The molecule has 2 heteroatoms. The second-order valence-electron chi connectivity index (χ2n) is 5.52. The zero-order valence-corrected chi connectivity index (χ0v) is 13.6. The van der Waals surface area contributed by atoms with E-state index in [1.54, 1.807) is 0 Å². The summed E-state index contributed by atoms with van der Waals surface area (Å²) in [4.78, 5) is 2.67. The fourth-order valence-electron chi connectivity index (χ4n) is 2.84. The first-order valence-corrected chi connectivity index (χ1v) is 9.37. The van der Waals surface area contributed by atoms with E-state index in [1.807, 2.05) is 0 Å². The van der Waals surface area contributed by atoms with Gasteiger partial charge in [-0.2, -0.15) is 0 Å². The van der Waals surface area contributed by atoms with Crippen molar-refractivity contribution < 1.29 is 0 Å². The number of benzene rings is 2. The van der Waals surface area contributed by atoms with Gasteiger partial charge in [0, 0.05) is 0 Å². The summed E-state index contributed by atoms with van der Waals surface area (Å²) in [6.07, 6.45) is 1.36. The summed E-state index contributed by atoms with van der Waals surface area (Å²) in [7, 11) is 0. The Morgan fingerprint density at radius 3 is 2.30 bits per heavy atom. The first kappa shape index (κ1) is 13.9. The van der Waals surface area contributed by atoms with Gasteiger partial charge in [0.05, 0.1) is 0 Å². The van der Waals surface area contributed by atoms with E-state index >= 15 is 0 Å². The van der Waals surface area contributed by atoms with E-state index in [0.717, 1.165) is 18.6 Å². The predicted molar refractivity (Wildman–Crippen MR) is 86.5 cm³/mol. The Morgan fingerprint density at radius 2 is 1.65 bits per heavy atom. The molecule has 0 unspecified atom stereocenters. The third-order valence-electron chi connectivity index (χ3n) is 4.04. The number of likely N-dealkylation sites (tertiary alicyclic amines) is 1. The molecule has 0 N–H and O–H groups in total. The first-order chi connectivity index (χ1) is 9.83. The zero-order valence-electron chi connectivity index (χ0n) is 11.9. The van der Waals surface area contributed by atoms with Crippen LogP contribution in [0.15, 0.2) is 60.7 Å². The van der Waals surface area contributed by atoms with Crippen LogP contribution in [0.3, 0.4) is 0 Å². The van der Waals surface area contributed by atoms with Gasteiger partial charge in [-0.25, -0.2) is 0 Å². The molecule has 1 fully saturated rings. The van der Waals surface area contributed by atoms with Crippen LogP contribution >= 0.6 is 0 Å². The summed E-state index contributed by atoms with van der Waals surface area (Å²) >= 11 is 0.612. The summed E-state index contributed by atoms with van der Waals surface area (Å²) in [6, 6.07) is 23.3. The van der Waals surface area contributed by atoms with Gasteiger partial charge in [0.2, 0.25) is 0 Å². The molecule has 0 saturated carbocycles. The van der Waals surface area contributed by atoms with E-state index in [0.29, 0.717) is 15.0 Å². The third-order valence-corrected chi connectivity index (χ3v) is 6.47. The molecule has 20 heavy (non-hydrogen) atoms. The number of hydrogen-bond acceptors (Lipinski definition) is 1. The van der Waals surface area contributed by atoms with E-state index < -0.39 is 0 Å². The normalized spacial score (nSPS) is 22.4. The monoisotopic (exact) mass is 331 g/mol. The van der Waals surface area contributed by atoms with Gasteiger partial charge in [0.1, 0.15) is 0 Å². The van der Waals surface area contributed by atoms with E-state index in [2.05, 4.69) is 72.5 Å². The summed E-state index contributed by atoms with van der Waals surface area (Å²) < 4.78 is 1.53. The van der Waals surface area contributed by atoms with Crippen LogP contribution < -0.4 is 4.46 Å². The van der Waals surface area contributed by atoms with Crippen molar-refractivity contribution in [2.45, 2.75) is 37.3 Å². The van der Waals surface area contributed by atoms with Gasteiger partial charge in [0.25, 0.3) is 0 Å². The molecule has 2 atom stereocenters. The minimum absolute atomic E-state index is 0.612. The average Bonchev–Trinajstić information content (AvgIpc) is 2.51. The molecular weight excluding hydrogens is 309 g/mol. The van der Waals surface area contributed by atoms with Gasteiger partial charge in [-0.15, -0.1) is 0 Å². The first-order valence-electron chi connectivity index (χ1n) is 7.30. The molecule has 2 aromatic carbocycles. The van der Waals surface area contributed by atoms with E-state index in [-0.39, 0.29) is 0 Å². The molecule has 1 heterocycles. The molecule has 0 amide bonds. The van der Waals surface area contributed by atoms with Gasteiger partial charge < -0.3 is 0 Å². The van der Waals surface area contributed by atoms with Crippen LogP contribution in [0.5, 0.6) is 0 Å². The van der Waals surface area contributed by atoms with Crippen LogP contribution in [-0.2, 0) is 6.54 Å². The third kappa shape index (κ3) is 3.32. The van der Waals surface area contributed by atoms with E-state index in [1.165, 1.54) is 21.8 Å². The Balaban J connectivity index is 1.55. The molecular formula is C18H21NSe. The van der Waals surface area contributed by atoms with Crippen molar-refractivity contribution in [3.63, 3.8) is 0 Å². The molecule has 0 aliphatic carbocycles. The van der Waals surface area contributed by atoms with Crippen molar-refractivity contribution in [2.24, 2.45) is 0 Å². The van der Waals surface area contributed by atoms with Gasteiger partial charge >= 0.3 is 128 Å². The minimum atomic E-state index is 0.612. The molecule has 1 aliphatic rings. The van der Waals surface area contributed by atoms with Crippen LogP contribution in [0, 0.1) is 0 Å². The topological polar surface area (TPSA) is 3.24 Å². The molecule has 1 nitrogen and oxygen atoms in total. The predicted octanol–water partition coefficient (Wildman–Crippen LogP) is 3.10. The molecule has 0 bridgehead atoms. The fraction of sp³-hybridized carbons (Fsp3) is 0.333. The van der Waals surface area contributed by atoms with Gasteiger partial charge in [-0.05, 0) is 0 Å². The maximum absolute atomic E-state index is 2.67. The molecule has 2 aromatic rings. The number of nitrogens with zero attached hydrogens (tertiary/aromatic N) is 1. The quantitative estimate of drug-likeness (QED) is 0.762. The van der Waals surface area contributed by atoms with Crippen LogP contribution in [-0.4, -0.2) is 31.9 Å². The Bertz CT molecular complexity index is 526. The molecule has 104 valence electrons. The Hall–Kier alpha value is -1.08. The van der Waals surface area contributed by atoms with Crippen LogP contribution in [0.4, 0.5) is 0 Å². The molecule has 1 aliphatic heterocycles. The zero-order chi connectivity index (χ0) is 13.8. The second-order valence-corrected chi connectivity index (χ2v) is 7.81. The van der Waals surface area contributed by atoms with Crippen molar-refractivity contribution in [1.29, 1.82) is 0 Å². The maximum atomic E-state index is 2.67. The van der Waals surface area contributed by atoms with Gasteiger partial charge in [-0.1, -0.05) is 0 Å². The SMILES string of the molecule is C[C@H]1C[C@@H](C[Se]c2ccccc2)N1Cc1ccccc1. The van der Waals surface area contributed by atoms with Crippen LogP contribution in [0.1, 0.15) is 18.9 Å². The molecule has 0 spiro atoms. The number of rotatable bonds is 5. The summed E-state index contributed by atoms with van der Waals surface area (Å²) in [5.74, 6) is 0. The van der Waals surface area contributed by atoms with Gasteiger partial charge in [0.15, 0.2) is 0 Å². The number of hydrogen-bond donors (Lipinski definition) is 0. The van der Waals surface area contributed by atoms with E-state index in [4.69, 9.17) is 0 Å². The van der Waals surface area contributed by atoms with Crippen LogP contribution in [0.25, 0.3) is 0 Å². The van der Waals surface area contributed by atoms with Crippen molar-refractivity contribution >= 4 is 19.4 Å². The second kappa shape index (κ2) is 6.58. The van der Waals surface area contributed by atoms with E-state index in [9.17, 15) is 0 Å². The van der Waals surface area contributed by atoms with Crippen LogP contribution in [0.2, 0.25) is 5.32 Å². The Morgan fingerprint density at radius 1 is 1.00 bits per heavy atom. The van der Waals surface area contributed by atoms with Gasteiger partial charge in [-0.3, -0.25) is 0 Å². The van der Waals surface area contributed by atoms with Crippen molar-refractivity contribution in [3.8, 4) is 0 Å². The fourth-order valence-corrected chi connectivity index (χ4v) is 5.07. The Kier molecular flexibility index (Phi) is 4.57. The molecule has 1 saturated heterocycles. The summed E-state index contributed by atoms with van der Waals surface area (Å²) in [6.45, 7) is 3.46.